The van der Waals surface area contributed by atoms with Crippen molar-refractivity contribution >= 4 is 50.9 Å². The molecule has 9 heterocycles. The summed E-state index contributed by atoms with van der Waals surface area (Å²) in [6.07, 6.45) is 19.6. The van der Waals surface area contributed by atoms with Crippen LogP contribution in [0.2, 0.25) is 0 Å². The molecule has 1 aromatic heterocycles. The molecule has 1 amide bonds. The molecule has 2 fully saturated rings. The summed E-state index contributed by atoms with van der Waals surface area (Å²) in [5.41, 5.74) is 1.47. The van der Waals surface area contributed by atoms with Crippen LogP contribution in [0.5, 0.6) is 0 Å². The van der Waals surface area contributed by atoms with Crippen LogP contribution in [0.25, 0.3) is 14.4 Å². The fraction of sp³-hybridized carbons (Fsp3) is 0.622. The van der Waals surface area contributed by atoms with Crippen LogP contribution in [-0.4, -0.2) is 71.7 Å². The second kappa shape index (κ2) is 15.1. The number of aromatic nitrogens is 1. The summed E-state index contributed by atoms with van der Waals surface area (Å²) >= 11 is -1.21. The molecule has 1 saturated carbocycles. The number of aliphatic imine (C=N–C) groups is 1. The average molecular weight is 718 g/mol. The first-order valence-electron chi connectivity index (χ1n) is 17.7. The molecule has 2 atom stereocenters. The van der Waals surface area contributed by atoms with Gasteiger partial charge in [0.2, 0.25) is 0 Å². The molecule has 2 radical (unpaired) electrons. The van der Waals surface area contributed by atoms with Crippen molar-refractivity contribution in [2.75, 3.05) is 19.6 Å². The predicted octanol–water partition coefficient (Wildman–Crippen LogP) is 6.29. The van der Waals surface area contributed by atoms with Gasteiger partial charge in [-0.3, -0.25) is 0 Å². The molecule has 8 bridgehead atoms. The van der Waals surface area contributed by atoms with Crippen LogP contribution in [0, 0.1) is 11.3 Å². The summed E-state index contributed by atoms with van der Waals surface area (Å²) in [5, 5.41) is 5.28. The van der Waals surface area contributed by atoms with Crippen LogP contribution in [0.1, 0.15) is 109 Å². The zero-order valence-electron chi connectivity index (χ0n) is 27.1. The Morgan fingerprint density at radius 2 is 1.76 bits per heavy atom. The van der Waals surface area contributed by atoms with Gasteiger partial charge in [0.05, 0.1) is 0 Å². The molecule has 1 aromatic carbocycles. The number of hydrogen-bond donors (Lipinski definition) is 1. The summed E-state index contributed by atoms with van der Waals surface area (Å²) in [6.45, 7) is 6.13. The second-order valence-electron chi connectivity index (χ2n) is 13.9. The van der Waals surface area contributed by atoms with Gasteiger partial charge in [-0.15, -0.1) is 0 Å². The Balaban J connectivity index is 1.17. The van der Waals surface area contributed by atoms with E-state index in [-0.39, 0.29) is 28.8 Å². The molecule has 8 heteroatoms. The Morgan fingerprint density at radius 3 is 2.56 bits per heavy atom. The molecule has 7 nitrogen and oxygen atoms in total. The first-order valence-corrected chi connectivity index (χ1v) is 20.5. The van der Waals surface area contributed by atoms with E-state index < -0.39 is 21.1 Å². The fourth-order valence-corrected chi connectivity index (χ4v) is 11.2. The monoisotopic (exact) mass is 718 g/mol. The van der Waals surface area contributed by atoms with Gasteiger partial charge in [0.25, 0.3) is 0 Å². The summed E-state index contributed by atoms with van der Waals surface area (Å²) in [5.74, 6) is 0.710. The number of rotatable bonds is 7. The number of nitrogens with zero attached hydrogens (tertiary/aromatic N) is 3. The topological polar surface area (TPSA) is 83.8 Å². The zero-order chi connectivity index (χ0) is 31.2. The molecule has 1 N–H and O–H groups in total. The SMILES string of the molecule is CCC(=O)CCCCC[C@@H]1NC(=O)[C@H]2CC23CCN(CCCCCCCCn2ccc4cc(ccc4c2=O)[C]2=CN=[C]1[Sn]2)CC3. The Morgan fingerprint density at radius 1 is 0.978 bits per heavy atom. The first-order chi connectivity index (χ1) is 22.0. The van der Waals surface area contributed by atoms with Crippen molar-refractivity contribution in [3.8, 4) is 0 Å². The minimum absolute atomic E-state index is 0.0143. The molecule has 11 rings (SSSR count). The van der Waals surface area contributed by atoms with Gasteiger partial charge in [-0.1, -0.05) is 0 Å². The van der Waals surface area contributed by atoms with Crippen LogP contribution in [0.3, 0.4) is 0 Å². The maximum absolute atomic E-state index is 13.7. The van der Waals surface area contributed by atoms with Gasteiger partial charge in [0, 0.05) is 0 Å². The summed E-state index contributed by atoms with van der Waals surface area (Å²) in [7, 11) is 0. The molecule has 1 saturated heterocycles. The number of carbonyl (C=O) groups is 2. The van der Waals surface area contributed by atoms with Gasteiger partial charge in [-0.2, -0.15) is 0 Å². The Hall–Kier alpha value is -2.26. The number of nitrogens with one attached hydrogen (secondary N) is 1. The van der Waals surface area contributed by atoms with Crippen LogP contribution in [0.15, 0.2) is 46.4 Å². The van der Waals surface area contributed by atoms with Gasteiger partial charge in [0.1, 0.15) is 0 Å². The van der Waals surface area contributed by atoms with Crippen LogP contribution in [0.4, 0.5) is 0 Å². The van der Waals surface area contributed by atoms with E-state index in [1.807, 2.05) is 30.0 Å². The van der Waals surface area contributed by atoms with E-state index in [9.17, 15) is 14.4 Å². The van der Waals surface area contributed by atoms with Crippen molar-refractivity contribution in [3.63, 3.8) is 0 Å². The van der Waals surface area contributed by atoms with Gasteiger partial charge in [-0.25, -0.2) is 0 Å². The molecule has 2 aromatic rings. The van der Waals surface area contributed by atoms with Crippen molar-refractivity contribution < 1.29 is 9.59 Å². The van der Waals surface area contributed by atoms with Gasteiger partial charge >= 0.3 is 280 Å². The number of benzene rings is 1. The Kier molecular flexibility index (Phi) is 11.0. The van der Waals surface area contributed by atoms with E-state index in [0.29, 0.717) is 18.6 Å². The third kappa shape index (κ3) is 8.01. The molecular weight excluding hydrogens is 667 g/mol. The van der Waals surface area contributed by atoms with Crippen molar-refractivity contribution in [1.29, 1.82) is 0 Å². The molecule has 0 unspecified atom stereocenters. The molecule has 1 spiro atoms. The number of hydrogen-bond acceptors (Lipinski definition) is 5. The van der Waals surface area contributed by atoms with E-state index in [0.717, 1.165) is 87.3 Å². The van der Waals surface area contributed by atoms with Crippen molar-refractivity contribution in [3.05, 3.63) is 52.6 Å². The quantitative estimate of drug-likeness (QED) is 0.270. The standard InChI is InChI=1S/C37H50N4O3.Sn/c1-2-32(42)13-9-7-8-12-31-28-38-20-16-29-14-15-33-30(26-29)17-23-41(36(33)44)22-11-6-4-3-5-10-21-40-24-18-37(19-25-40)27-34(37)35(43)39-31;/h14-15,17,20,23,26,31,34H,2-13,18-19,21-22,24-25,27H2,1H3,(H,39,43);/t31-,34+;/m0./s1. The summed E-state index contributed by atoms with van der Waals surface area (Å²) < 4.78 is 4.38. The Bertz CT molecular complexity index is 1500. The normalized spacial score (nSPS) is 27.5. The molecule has 45 heavy (non-hydrogen) atoms. The Labute approximate surface area is 278 Å². The molecule has 240 valence electrons. The van der Waals surface area contributed by atoms with E-state index >= 15 is 0 Å². The predicted molar refractivity (Wildman–Crippen MR) is 184 cm³/mol. The van der Waals surface area contributed by atoms with Crippen molar-refractivity contribution in [1.82, 2.24) is 14.8 Å². The van der Waals surface area contributed by atoms with Crippen LogP contribution < -0.4 is 10.9 Å². The number of amides is 1. The summed E-state index contributed by atoms with van der Waals surface area (Å²) in [6, 6.07) is 8.33. The molecule has 9 aliphatic rings. The zero-order valence-corrected chi connectivity index (χ0v) is 30.0. The number of unbranched alkanes of at least 4 members (excludes halogenated alkanes) is 2. The van der Waals surface area contributed by atoms with E-state index in [2.05, 4.69) is 28.4 Å². The number of Topliss-reactive ketones (excluding diaryl/α,β-unsaturated/α-hetero) is 1. The van der Waals surface area contributed by atoms with Crippen molar-refractivity contribution in [2.45, 2.75) is 116 Å². The number of piperidine rings is 1. The number of carbonyl (C=O) groups excluding carboxylic acids is 2. The second-order valence-corrected chi connectivity index (χ2v) is 17.6. The fourth-order valence-electron chi connectivity index (χ4n) is 7.68. The third-order valence-corrected chi connectivity index (χ3v) is 14.9. The van der Waals surface area contributed by atoms with Crippen LogP contribution >= 0.6 is 0 Å². The van der Waals surface area contributed by atoms with Crippen LogP contribution in [-0.2, 0) is 16.1 Å². The van der Waals surface area contributed by atoms with E-state index in [1.54, 1.807) is 0 Å². The van der Waals surface area contributed by atoms with Crippen molar-refractivity contribution in [2.24, 2.45) is 16.3 Å². The number of pyridine rings is 1. The van der Waals surface area contributed by atoms with Gasteiger partial charge in [0.15, 0.2) is 0 Å². The molecular formula is C37H50N4O3Sn. The van der Waals surface area contributed by atoms with E-state index in [1.165, 1.54) is 46.0 Å². The minimum atomic E-state index is -1.21. The first kappa shape index (κ1) is 32.7. The number of ketones is 1. The number of aryl methyl sites for hydroxylation is 1. The van der Waals surface area contributed by atoms with E-state index in [4.69, 9.17) is 4.99 Å². The molecule has 1 aliphatic carbocycles. The average Bonchev–Trinajstić information content (AvgIpc) is 3.52. The van der Waals surface area contributed by atoms with Gasteiger partial charge in [-0.05, 0) is 0 Å². The van der Waals surface area contributed by atoms with Gasteiger partial charge < -0.3 is 0 Å². The summed E-state index contributed by atoms with van der Waals surface area (Å²) in [4.78, 5) is 46.4. The third-order valence-electron chi connectivity index (χ3n) is 10.9. The molecule has 8 aliphatic heterocycles. The maximum atomic E-state index is 13.7.